The monoisotopic (exact) mass is 307 g/mol. The average Bonchev–Trinajstić information content (AvgIpc) is 2.76. The molecule has 0 amide bonds. The Labute approximate surface area is 128 Å². The van der Waals surface area contributed by atoms with Gasteiger partial charge in [-0.15, -0.1) is 11.3 Å². The molecule has 21 heavy (non-hydrogen) atoms. The van der Waals surface area contributed by atoms with Crippen molar-refractivity contribution in [2.24, 2.45) is 0 Å². The van der Waals surface area contributed by atoms with Gasteiger partial charge in [0.15, 0.2) is 0 Å². The Morgan fingerprint density at radius 1 is 1.24 bits per heavy atom. The molecule has 0 spiro atoms. The number of thiophene rings is 1. The van der Waals surface area contributed by atoms with Crippen LogP contribution in [0.4, 0.5) is 0 Å². The van der Waals surface area contributed by atoms with Crippen molar-refractivity contribution in [1.82, 2.24) is 15.3 Å². The fourth-order valence-corrected chi connectivity index (χ4v) is 3.93. The van der Waals surface area contributed by atoms with E-state index in [2.05, 4.69) is 29.1 Å². The van der Waals surface area contributed by atoms with Gasteiger partial charge >= 0.3 is 0 Å². The van der Waals surface area contributed by atoms with E-state index in [1.165, 1.54) is 15.8 Å². The van der Waals surface area contributed by atoms with Gasteiger partial charge in [-0.3, -0.25) is 0 Å². The highest BCUT2D eigenvalue weighted by Crippen LogP contribution is 2.31. The molecule has 3 heterocycles. The largest absolute Gasteiger partial charge is 0.376 e. The van der Waals surface area contributed by atoms with E-state index in [1.54, 1.807) is 11.3 Å². The summed E-state index contributed by atoms with van der Waals surface area (Å²) in [5.74, 6) is 0.841. The Balaban J connectivity index is 1.69. The van der Waals surface area contributed by atoms with E-state index < -0.39 is 0 Å². The molecular weight excluding hydrogens is 286 g/mol. The number of fused-ring (bicyclic) bond motifs is 1. The fraction of sp³-hybridized carbons (Fsp3) is 0.600. The molecule has 0 aliphatic carbocycles. The van der Waals surface area contributed by atoms with E-state index in [0.717, 1.165) is 29.4 Å². The molecule has 0 radical (unpaired) electrons. The number of ether oxygens (including phenoxy) is 2. The first-order valence-corrected chi connectivity index (χ1v) is 8.10. The first-order chi connectivity index (χ1) is 10.1. The number of aryl methyl sites for hydroxylation is 3. The van der Waals surface area contributed by atoms with Crippen molar-refractivity contribution < 1.29 is 9.47 Å². The summed E-state index contributed by atoms with van der Waals surface area (Å²) < 4.78 is 11.0. The molecule has 6 heteroatoms. The van der Waals surface area contributed by atoms with Crippen molar-refractivity contribution in [3.05, 3.63) is 22.0 Å². The molecule has 5 nitrogen and oxygen atoms in total. The normalized spacial score (nSPS) is 19.3. The maximum Gasteiger partial charge on any atom is 0.127 e. The van der Waals surface area contributed by atoms with Crippen molar-refractivity contribution in [2.75, 3.05) is 26.4 Å². The molecule has 1 atom stereocenters. The average molecular weight is 307 g/mol. The second-order valence-corrected chi connectivity index (χ2v) is 6.47. The zero-order valence-corrected chi connectivity index (χ0v) is 13.5. The first-order valence-electron chi connectivity index (χ1n) is 7.28. The van der Waals surface area contributed by atoms with Crippen LogP contribution in [0.2, 0.25) is 0 Å². The Morgan fingerprint density at radius 2 is 2.10 bits per heavy atom. The van der Waals surface area contributed by atoms with Gasteiger partial charge in [-0.25, -0.2) is 9.97 Å². The number of hydrogen-bond acceptors (Lipinski definition) is 6. The molecule has 1 aliphatic rings. The van der Waals surface area contributed by atoms with Crippen molar-refractivity contribution in [3.8, 4) is 0 Å². The Kier molecular flexibility index (Phi) is 4.49. The van der Waals surface area contributed by atoms with Gasteiger partial charge in [-0.05, 0) is 26.3 Å². The predicted octanol–water partition coefficient (Wildman–Crippen LogP) is 2.12. The van der Waals surface area contributed by atoms with E-state index in [0.29, 0.717) is 19.8 Å². The molecule has 1 saturated heterocycles. The van der Waals surface area contributed by atoms with Gasteiger partial charge in [0, 0.05) is 29.0 Å². The summed E-state index contributed by atoms with van der Waals surface area (Å²) in [7, 11) is 0. The SMILES string of the molecule is Cc1nc(C)c2c(C)c(CNCC3COCCO3)sc2n1. The topological polar surface area (TPSA) is 56.3 Å². The summed E-state index contributed by atoms with van der Waals surface area (Å²) in [6, 6.07) is 0. The number of nitrogens with one attached hydrogen (secondary N) is 1. The highest BCUT2D eigenvalue weighted by atomic mass is 32.1. The van der Waals surface area contributed by atoms with Crippen LogP contribution in [0.1, 0.15) is 22.0 Å². The second-order valence-electron chi connectivity index (χ2n) is 5.39. The van der Waals surface area contributed by atoms with Crippen LogP contribution in [-0.2, 0) is 16.0 Å². The Bertz CT molecular complexity index is 635. The van der Waals surface area contributed by atoms with Crippen LogP contribution in [0, 0.1) is 20.8 Å². The smallest absolute Gasteiger partial charge is 0.127 e. The van der Waals surface area contributed by atoms with Crippen LogP contribution in [-0.4, -0.2) is 42.4 Å². The zero-order chi connectivity index (χ0) is 14.8. The number of aromatic nitrogens is 2. The number of nitrogens with zero attached hydrogens (tertiary/aromatic N) is 2. The number of rotatable bonds is 4. The molecule has 0 bridgehead atoms. The molecule has 114 valence electrons. The number of hydrogen-bond donors (Lipinski definition) is 1. The molecule has 3 rings (SSSR count). The maximum absolute atomic E-state index is 5.63. The van der Waals surface area contributed by atoms with Crippen LogP contribution >= 0.6 is 11.3 Å². The van der Waals surface area contributed by atoms with Gasteiger partial charge in [0.2, 0.25) is 0 Å². The van der Waals surface area contributed by atoms with E-state index in [1.807, 2.05) is 6.92 Å². The van der Waals surface area contributed by atoms with E-state index in [9.17, 15) is 0 Å². The zero-order valence-electron chi connectivity index (χ0n) is 12.7. The van der Waals surface area contributed by atoms with Gasteiger partial charge in [0.05, 0.1) is 25.9 Å². The predicted molar refractivity (Wildman–Crippen MR) is 83.9 cm³/mol. The highest BCUT2D eigenvalue weighted by Gasteiger charge is 2.16. The van der Waals surface area contributed by atoms with Crippen LogP contribution in [0.15, 0.2) is 0 Å². The van der Waals surface area contributed by atoms with Gasteiger partial charge < -0.3 is 14.8 Å². The summed E-state index contributed by atoms with van der Waals surface area (Å²) in [5.41, 5.74) is 2.36. The third-order valence-electron chi connectivity index (χ3n) is 3.72. The minimum atomic E-state index is 0.164. The van der Waals surface area contributed by atoms with Crippen molar-refractivity contribution in [2.45, 2.75) is 33.4 Å². The third-order valence-corrected chi connectivity index (χ3v) is 4.91. The summed E-state index contributed by atoms with van der Waals surface area (Å²) in [4.78, 5) is 11.4. The summed E-state index contributed by atoms with van der Waals surface area (Å²) >= 11 is 1.75. The van der Waals surface area contributed by atoms with Crippen molar-refractivity contribution in [1.29, 1.82) is 0 Å². The molecule has 0 aromatic carbocycles. The maximum atomic E-state index is 5.63. The molecule has 1 N–H and O–H groups in total. The highest BCUT2D eigenvalue weighted by molar-refractivity contribution is 7.18. The lowest BCUT2D eigenvalue weighted by molar-refractivity contribution is -0.0864. The van der Waals surface area contributed by atoms with Crippen molar-refractivity contribution >= 4 is 21.6 Å². The van der Waals surface area contributed by atoms with Gasteiger partial charge in [0.25, 0.3) is 0 Å². The minimum absolute atomic E-state index is 0.164. The molecular formula is C15H21N3O2S. The Hall–Kier alpha value is -1.08. The molecule has 1 aliphatic heterocycles. The molecule has 2 aromatic rings. The molecule has 2 aromatic heterocycles. The second kappa shape index (κ2) is 6.36. The lowest BCUT2D eigenvalue weighted by atomic mass is 10.1. The van der Waals surface area contributed by atoms with E-state index >= 15 is 0 Å². The van der Waals surface area contributed by atoms with Crippen LogP contribution in [0.5, 0.6) is 0 Å². The minimum Gasteiger partial charge on any atom is -0.376 e. The van der Waals surface area contributed by atoms with Gasteiger partial charge in [0.1, 0.15) is 10.7 Å². The van der Waals surface area contributed by atoms with Crippen LogP contribution in [0.25, 0.3) is 10.2 Å². The van der Waals surface area contributed by atoms with Crippen molar-refractivity contribution in [3.63, 3.8) is 0 Å². The first kappa shape index (κ1) is 14.8. The summed E-state index contributed by atoms with van der Waals surface area (Å²) in [6.07, 6.45) is 0.164. The fourth-order valence-electron chi connectivity index (χ4n) is 2.69. The summed E-state index contributed by atoms with van der Waals surface area (Å²) in [5, 5.41) is 4.67. The van der Waals surface area contributed by atoms with E-state index in [4.69, 9.17) is 9.47 Å². The molecule has 1 unspecified atom stereocenters. The van der Waals surface area contributed by atoms with E-state index in [-0.39, 0.29) is 6.10 Å². The third kappa shape index (κ3) is 3.23. The summed E-state index contributed by atoms with van der Waals surface area (Å²) in [6.45, 7) is 9.90. The quantitative estimate of drug-likeness (QED) is 0.937. The lowest BCUT2D eigenvalue weighted by Gasteiger charge is -2.23. The molecule has 1 fully saturated rings. The standard InChI is InChI=1S/C15H21N3O2S/c1-9-13(7-16-6-12-8-19-4-5-20-12)21-15-14(9)10(2)17-11(3)18-15/h12,16H,4-8H2,1-3H3. The van der Waals surface area contributed by atoms with Gasteiger partial charge in [-0.1, -0.05) is 0 Å². The van der Waals surface area contributed by atoms with Crippen LogP contribution < -0.4 is 5.32 Å². The lowest BCUT2D eigenvalue weighted by Crippen LogP contribution is -2.37. The molecule has 0 saturated carbocycles. The van der Waals surface area contributed by atoms with Crippen LogP contribution in [0.3, 0.4) is 0 Å². The van der Waals surface area contributed by atoms with Gasteiger partial charge in [-0.2, -0.15) is 0 Å². The Morgan fingerprint density at radius 3 is 2.86 bits per heavy atom.